The summed E-state index contributed by atoms with van der Waals surface area (Å²) in [4.78, 5) is 2.12. The van der Waals surface area contributed by atoms with Crippen LogP contribution in [0.2, 0.25) is 10.0 Å². The second-order valence-electron chi connectivity index (χ2n) is 4.12. The minimum Gasteiger partial charge on any atom is -0.314 e. The van der Waals surface area contributed by atoms with Crippen LogP contribution in [0.4, 0.5) is 4.39 Å². The molecule has 1 aromatic rings. The molecule has 1 saturated heterocycles. The van der Waals surface area contributed by atoms with Crippen LogP contribution in [0, 0.1) is 0 Å². The van der Waals surface area contributed by atoms with Gasteiger partial charge in [-0.2, -0.15) is 0 Å². The van der Waals surface area contributed by atoms with Crippen molar-refractivity contribution in [3.8, 4) is 0 Å². The maximum Gasteiger partial charge on any atom is 0.109 e. The van der Waals surface area contributed by atoms with E-state index in [1.54, 1.807) is 12.1 Å². The number of hydrogen-bond donors (Lipinski definition) is 1. The number of nitrogens with one attached hydrogen (secondary N) is 1. The van der Waals surface area contributed by atoms with Crippen molar-refractivity contribution >= 4 is 48.0 Å². The fraction of sp³-hybridized carbons (Fsp3) is 0.500. The topological polar surface area (TPSA) is 15.3 Å². The Morgan fingerprint density at radius 1 is 1.21 bits per heavy atom. The second-order valence-corrected chi connectivity index (χ2v) is 4.97. The molecule has 0 aromatic heterocycles. The van der Waals surface area contributed by atoms with Crippen molar-refractivity contribution in [1.29, 1.82) is 0 Å². The van der Waals surface area contributed by atoms with E-state index >= 15 is 0 Å². The molecule has 1 aliphatic heterocycles. The zero-order valence-electron chi connectivity index (χ0n) is 10.2. The molecule has 0 unspecified atom stereocenters. The summed E-state index contributed by atoms with van der Waals surface area (Å²) in [6.45, 7) is 3.03. The first-order chi connectivity index (χ1) is 8.22. The molecule has 110 valence electrons. The molecule has 0 bridgehead atoms. The van der Waals surface area contributed by atoms with Crippen LogP contribution < -0.4 is 5.32 Å². The van der Waals surface area contributed by atoms with Crippen LogP contribution in [0.15, 0.2) is 18.2 Å². The first kappa shape index (κ1) is 19.2. The Hall–Kier alpha value is 0.230. The van der Waals surface area contributed by atoms with E-state index in [1.807, 2.05) is 6.07 Å². The Morgan fingerprint density at radius 2 is 1.84 bits per heavy atom. The van der Waals surface area contributed by atoms with Crippen molar-refractivity contribution in [2.24, 2.45) is 0 Å². The molecule has 1 aliphatic rings. The van der Waals surface area contributed by atoms with E-state index in [-0.39, 0.29) is 30.9 Å². The van der Waals surface area contributed by atoms with Gasteiger partial charge in [0, 0.05) is 36.2 Å². The lowest BCUT2D eigenvalue weighted by Crippen LogP contribution is -2.45. The van der Waals surface area contributed by atoms with E-state index in [2.05, 4.69) is 10.2 Å². The van der Waals surface area contributed by atoms with Crippen LogP contribution in [0.1, 0.15) is 11.6 Å². The highest BCUT2D eigenvalue weighted by Gasteiger charge is 2.23. The predicted octanol–water partition coefficient (Wildman–Crippen LogP) is 3.75. The summed E-state index contributed by atoms with van der Waals surface area (Å²) in [5, 5.41) is 4.37. The van der Waals surface area contributed by atoms with Gasteiger partial charge in [0.05, 0.1) is 6.04 Å². The van der Waals surface area contributed by atoms with E-state index in [4.69, 9.17) is 23.2 Å². The van der Waals surface area contributed by atoms with Crippen LogP contribution in [-0.2, 0) is 0 Å². The van der Waals surface area contributed by atoms with Crippen LogP contribution in [0.25, 0.3) is 0 Å². The number of benzene rings is 1. The molecule has 19 heavy (non-hydrogen) atoms. The quantitative estimate of drug-likeness (QED) is 0.893. The third-order valence-corrected chi connectivity index (χ3v) is 3.62. The van der Waals surface area contributed by atoms with E-state index < -0.39 is 6.67 Å². The number of hydrogen-bond acceptors (Lipinski definition) is 2. The predicted molar refractivity (Wildman–Crippen MR) is 84.1 cm³/mol. The Bertz CT molecular complexity index is 386. The molecule has 1 heterocycles. The second kappa shape index (κ2) is 9.22. The molecular formula is C12H17Cl4FN2. The highest BCUT2D eigenvalue weighted by Crippen LogP contribution is 2.30. The van der Waals surface area contributed by atoms with Crippen LogP contribution in [0.3, 0.4) is 0 Å². The van der Waals surface area contributed by atoms with Gasteiger partial charge in [0.25, 0.3) is 0 Å². The lowest BCUT2D eigenvalue weighted by molar-refractivity contribution is 0.147. The van der Waals surface area contributed by atoms with Gasteiger partial charge in [-0.3, -0.25) is 4.90 Å². The fourth-order valence-electron chi connectivity index (χ4n) is 2.14. The molecule has 0 spiro atoms. The van der Waals surface area contributed by atoms with Gasteiger partial charge in [0.1, 0.15) is 6.67 Å². The number of piperazine rings is 1. The summed E-state index contributed by atoms with van der Waals surface area (Å²) in [6, 6.07) is 4.98. The van der Waals surface area contributed by atoms with Gasteiger partial charge in [-0.1, -0.05) is 29.3 Å². The monoisotopic (exact) mass is 348 g/mol. The van der Waals surface area contributed by atoms with Crippen molar-refractivity contribution < 1.29 is 4.39 Å². The highest BCUT2D eigenvalue weighted by atomic mass is 35.5. The van der Waals surface area contributed by atoms with Crippen molar-refractivity contribution in [2.75, 3.05) is 32.9 Å². The Morgan fingerprint density at radius 3 is 2.37 bits per heavy atom. The first-order valence-corrected chi connectivity index (χ1v) is 6.43. The van der Waals surface area contributed by atoms with Crippen LogP contribution in [0.5, 0.6) is 0 Å². The third kappa shape index (κ3) is 4.92. The Labute approximate surface area is 135 Å². The Kier molecular flexibility index (Phi) is 9.33. The third-order valence-electron chi connectivity index (χ3n) is 3.06. The van der Waals surface area contributed by atoms with Crippen LogP contribution >= 0.6 is 48.0 Å². The molecule has 0 saturated carbocycles. The van der Waals surface area contributed by atoms with E-state index in [0.29, 0.717) is 10.0 Å². The van der Waals surface area contributed by atoms with E-state index in [1.165, 1.54) is 0 Å². The molecule has 0 aliphatic carbocycles. The lowest BCUT2D eigenvalue weighted by Gasteiger charge is -2.34. The normalized spacial score (nSPS) is 17.2. The summed E-state index contributed by atoms with van der Waals surface area (Å²) in [5.74, 6) is 0. The standard InChI is InChI=1S/C12H15Cl2FN2.2ClH/c13-9-1-2-10(11(14)7-9)12(8-15)17-5-3-16-4-6-17;;/h1-2,7,12,16H,3-6,8H2;2*1H/t12-;;/m0../s1. The number of halogens is 5. The molecule has 1 fully saturated rings. The van der Waals surface area contributed by atoms with Crippen molar-refractivity contribution in [3.63, 3.8) is 0 Å². The van der Waals surface area contributed by atoms with E-state index in [0.717, 1.165) is 31.7 Å². The maximum absolute atomic E-state index is 13.3. The summed E-state index contributed by atoms with van der Waals surface area (Å²) in [6.07, 6.45) is 0. The zero-order chi connectivity index (χ0) is 12.3. The SMILES string of the molecule is Cl.Cl.FC[C@@H](c1ccc(Cl)cc1Cl)N1CCNCC1. The van der Waals surface area contributed by atoms with E-state index in [9.17, 15) is 4.39 Å². The largest absolute Gasteiger partial charge is 0.314 e. The van der Waals surface area contributed by atoms with Crippen molar-refractivity contribution in [1.82, 2.24) is 10.2 Å². The molecule has 1 aromatic carbocycles. The summed E-state index contributed by atoms with van der Waals surface area (Å²) in [5.41, 5.74) is 0.820. The molecule has 1 N–H and O–H groups in total. The molecule has 1 atom stereocenters. The summed E-state index contributed by atoms with van der Waals surface area (Å²) in [7, 11) is 0. The summed E-state index contributed by atoms with van der Waals surface area (Å²) < 4.78 is 13.3. The summed E-state index contributed by atoms with van der Waals surface area (Å²) >= 11 is 12.0. The average Bonchev–Trinajstić information content (AvgIpc) is 2.34. The molecule has 0 radical (unpaired) electrons. The molecule has 7 heteroatoms. The minimum atomic E-state index is -0.429. The molecule has 2 rings (SSSR count). The molecular weight excluding hydrogens is 333 g/mol. The lowest BCUT2D eigenvalue weighted by atomic mass is 10.1. The Balaban J connectivity index is 0.00000162. The van der Waals surface area contributed by atoms with Gasteiger partial charge < -0.3 is 5.32 Å². The van der Waals surface area contributed by atoms with Gasteiger partial charge in [-0.25, -0.2) is 4.39 Å². The zero-order valence-corrected chi connectivity index (χ0v) is 13.4. The molecule has 2 nitrogen and oxygen atoms in total. The van der Waals surface area contributed by atoms with Crippen molar-refractivity contribution in [3.05, 3.63) is 33.8 Å². The van der Waals surface area contributed by atoms with Gasteiger partial charge in [0.15, 0.2) is 0 Å². The number of alkyl halides is 1. The maximum atomic E-state index is 13.3. The highest BCUT2D eigenvalue weighted by molar-refractivity contribution is 6.35. The van der Waals surface area contributed by atoms with Gasteiger partial charge in [-0.05, 0) is 17.7 Å². The smallest absolute Gasteiger partial charge is 0.109 e. The fourth-order valence-corrected chi connectivity index (χ4v) is 2.68. The minimum absolute atomic E-state index is 0. The van der Waals surface area contributed by atoms with Gasteiger partial charge in [-0.15, -0.1) is 24.8 Å². The first-order valence-electron chi connectivity index (χ1n) is 5.68. The van der Waals surface area contributed by atoms with Gasteiger partial charge in [0.2, 0.25) is 0 Å². The van der Waals surface area contributed by atoms with Crippen LogP contribution in [-0.4, -0.2) is 37.8 Å². The average molecular weight is 350 g/mol. The number of rotatable bonds is 3. The van der Waals surface area contributed by atoms with Crippen molar-refractivity contribution in [2.45, 2.75) is 6.04 Å². The van der Waals surface area contributed by atoms with Gasteiger partial charge >= 0.3 is 0 Å². The number of nitrogens with zero attached hydrogens (tertiary/aromatic N) is 1. The molecule has 0 amide bonds.